The molecule has 1 aromatic rings. The van der Waals surface area contributed by atoms with Gasteiger partial charge in [0.25, 0.3) is 0 Å². The van der Waals surface area contributed by atoms with Crippen LogP contribution in [0.15, 0.2) is 4.90 Å². The molecule has 0 atom stereocenters. The van der Waals surface area contributed by atoms with E-state index >= 15 is 0 Å². The summed E-state index contributed by atoms with van der Waals surface area (Å²) in [5, 5.41) is 15.3. The summed E-state index contributed by atoms with van der Waals surface area (Å²) in [4.78, 5) is -0.0292. The van der Waals surface area contributed by atoms with Gasteiger partial charge in [-0.3, -0.25) is 0 Å². The molecule has 0 spiro atoms. The molecule has 0 fully saturated rings. The number of aliphatic hydroxyl groups excluding tert-OH is 1. The number of hydrogen-bond acceptors (Lipinski definition) is 6. The Morgan fingerprint density at radius 1 is 1.60 bits per heavy atom. The first-order chi connectivity index (χ1) is 6.91. The lowest BCUT2D eigenvalue weighted by Crippen LogP contribution is -2.09. The van der Waals surface area contributed by atoms with Crippen LogP contribution in [0, 0.1) is 0 Å². The largest absolute Gasteiger partial charge is 0.394 e. The lowest BCUT2D eigenvalue weighted by Gasteiger charge is -2.01. The van der Waals surface area contributed by atoms with E-state index in [9.17, 15) is 8.42 Å². The molecule has 0 amide bonds. The van der Waals surface area contributed by atoms with Crippen LogP contribution >= 0.6 is 0 Å². The van der Waals surface area contributed by atoms with Gasteiger partial charge in [-0.2, -0.15) is 5.10 Å². The summed E-state index contributed by atoms with van der Waals surface area (Å²) in [7, 11) is -1.87. The molecule has 0 aliphatic carbocycles. The van der Waals surface area contributed by atoms with Crippen molar-refractivity contribution in [3.63, 3.8) is 0 Å². The van der Waals surface area contributed by atoms with Crippen molar-refractivity contribution in [3.05, 3.63) is 0 Å². The van der Waals surface area contributed by atoms with Gasteiger partial charge in [0.2, 0.25) is 0 Å². The van der Waals surface area contributed by atoms with Crippen molar-refractivity contribution in [2.75, 3.05) is 31.0 Å². The van der Waals surface area contributed by atoms with Gasteiger partial charge in [0.15, 0.2) is 20.6 Å². The molecule has 0 saturated carbocycles. The van der Waals surface area contributed by atoms with Crippen molar-refractivity contribution in [1.29, 1.82) is 0 Å². The maximum absolute atomic E-state index is 11.4. The number of hydrogen-bond donors (Lipinski definition) is 3. The number of aliphatic hydroxyl groups is 1. The maximum Gasteiger partial charge on any atom is 0.182 e. The van der Waals surface area contributed by atoms with Crippen LogP contribution in [0.25, 0.3) is 0 Å². The zero-order valence-electron chi connectivity index (χ0n) is 8.56. The molecule has 0 aliphatic heterocycles. The topological polar surface area (TPSA) is 110 Å². The van der Waals surface area contributed by atoms with Gasteiger partial charge in [-0.1, -0.05) is 0 Å². The summed E-state index contributed by atoms with van der Waals surface area (Å²) in [5.74, 6) is 0.236. The third-order valence-corrected chi connectivity index (χ3v) is 3.01. The molecule has 0 saturated heterocycles. The zero-order valence-corrected chi connectivity index (χ0v) is 9.37. The fraction of sp³-hybridized carbons (Fsp3) is 0.571. The fourth-order valence-corrected chi connectivity index (χ4v) is 2.23. The van der Waals surface area contributed by atoms with Crippen molar-refractivity contribution in [2.24, 2.45) is 0 Å². The number of aromatic nitrogens is 2. The molecule has 8 heteroatoms. The highest BCUT2D eigenvalue weighted by Crippen LogP contribution is 2.26. The zero-order chi connectivity index (χ0) is 11.6. The van der Waals surface area contributed by atoms with E-state index in [4.69, 9.17) is 10.8 Å². The first-order valence-corrected chi connectivity index (χ1v) is 6.16. The summed E-state index contributed by atoms with van der Waals surface area (Å²) >= 11 is 0. The van der Waals surface area contributed by atoms with E-state index in [0.29, 0.717) is 0 Å². The van der Waals surface area contributed by atoms with Crippen LogP contribution in [0.3, 0.4) is 0 Å². The average molecular weight is 234 g/mol. The van der Waals surface area contributed by atoms with Gasteiger partial charge < -0.3 is 16.2 Å². The molecule has 0 aromatic carbocycles. The summed E-state index contributed by atoms with van der Waals surface area (Å²) in [6.07, 6.45) is 1.06. The summed E-state index contributed by atoms with van der Waals surface area (Å²) in [5.41, 5.74) is 5.62. The van der Waals surface area contributed by atoms with Crippen LogP contribution < -0.4 is 11.1 Å². The Bertz CT molecular complexity index is 451. The van der Waals surface area contributed by atoms with Crippen molar-refractivity contribution in [2.45, 2.75) is 11.4 Å². The van der Waals surface area contributed by atoms with E-state index in [1.54, 1.807) is 7.05 Å². The van der Waals surface area contributed by atoms with Gasteiger partial charge in [-0.05, 0) is 0 Å². The molecular weight excluding hydrogens is 220 g/mol. The normalized spacial score (nSPS) is 11.7. The fourth-order valence-electron chi connectivity index (χ4n) is 1.25. The second-order valence-corrected chi connectivity index (χ2v) is 4.98. The SMILES string of the molecule is CNc1nn(CCO)c(N)c1S(C)(=O)=O. The molecule has 1 rings (SSSR count). The van der Waals surface area contributed by atoms with Crippen LogP contribution in [0.2, 0.25) is 0 Å². The Hall–Kier alpha value is -1.28. The Morgan fingerprint density at radius 2 is 2.20 bits per heavy atom. The Balaban J connectivity index is 3.37. The molecule has 7 nitrogen and oxygen atoms in total. The van der Waals surface area contributed by atoms with Crippen molar-refractivity contribution >= 4 is 21.5 Å². The Morgan fingerprint density at radius 3 is 2.53 bits per heavy atom. The predicted molar refractivity (Wildman–Crippen MR) is 56.4 cm³/mol. The predicted octanol–water partition coefficient (Wildman–Crippen LogP) is -1.10. The van der Waals surface area contributed by atoms with E-state index in [0.717, 1.165) is 6.26 Å². The van der Waals surface area contributed by atoms with Gasteiger partial charge in [0.1, 0.15) is 5.82 Å². The van der Waals surface area contributed by atoms with Gasteiger partial charge in [0.05, 0.1) is 13.2 Å². The quantitative estimate of drug-likeness (QED) is 0.610. The standard InChI is InChI=1S/C7H14N4O3S/c1-9-7-5(15(2,13)14)6(8)11(10-7)3-4-12/h12H,3-4,8H2,1-2H3,(H,9,10). The van der Waals surface area contributed by atoms with E-state index in [1.165, 1.54) is 4.68 Å². The third kappa shape index (κ3) is 2.21. The Kier molecular flexibility index (Phi) is 3.20. The summed E-state index contributed by atoms with van der Waals surface area (Å²) < 4.78 is 24.1. The first-order valence-electron chi connectivity index (χ1n) is 4.26. The molecular formula is C7H14N4O3S. The van der Waals surface area contributed by atoms with Crippen molar-refractivity contribution < 1.29 is 13.5 Å². The molecule has 0 bridgehead atoms. The number of anilines is 2. The summed E-state index contributed by atoms with van der Waals surface area (Å²) in [6.45, 7) is 0.00820. The first kappa shape index (κ1) is 11.8. The smallest absolute Gasteiger partial charge is 0.182 e. The van der Waals surface area contributed by atoms with E-state index in [1.807, 2.05) is 0 Å². The van der Waals surface area contributed by atoms with Crippen LogP contribution in [-0.2, 0) is 16.4 Å². The molecule has 0 aliphatic rings. The van der Waals surface area contributed by atoms with E-state index in [2.05, 4.69) is 10.4 Å². The van der Waals surface area contributed by atoms with Crippen molar-refractivity contribution in [1.82, 2.24) is 9.78 Å². The molecule has 0 radical (unpaired) electrons. The van der Waals surface area contributed by atoms with Gasteiger partial charge in [-0.15, -0.1) is 0 Å². The number of nitrogen functional groups attached to an aromatic ring is 1. The average Bonchev–Trinajstić information content (AvgIpc) is 2.43. The molecule has 4 N–H and O–H groups in total. The van der Waals surface area contributed by atoms with Gasteiger partial charge in [-0.25, -0.2) is 13.1 Å². The number of nitrogens with zero attached hydrogens (tertiary/aromatic N) is 2. The lowest BCUT2D eigenvalue weighted by atomic mass is 10.5. The van der Waals surface area contributed by atoms with Crippen molar-refractivity contribution in [3.8, 4) is 0 Å². The minimum Gasteiger partial charge on any atom is -0.394 e. The lowest BCUT2D eigenvalue weighted by molar-refractivity contribution is 0.270. The number of sulfone groups is 1. The summed E-state index contributed by atoms with van der Waals surface area (Å²) in [6, 6.07) is 0. The highest BCUT2D eigenvalue weighted by Gasteiger charge is 2.22. The monoisotopic (exact) mass is 234 g/mol. The number of nitrogens with one attached hydrogen (secondary N) is 1. The van der Waals surface area contributed by atoms with E-state index < -0.39 is 9.84 Å². The molecule has 15 heavy (non-hydrogen) atoms. The molecule has 0 unspecified atom stereocenters. The maximum atomic E-state index is 11.4. The van der Waals surface area contributed by atoms with Crippen LogP contribution in [-0.4, -0.2) is 43.2 Å². The highest BCUT2D eigenvalue weighted by molar-refractivity contribution is 7.91. The second kappa shape index (κ2) is 4.07. The minimum absolute atomic E-state index is 0.0292. The second-order valence-electron chi connectivity index (χ2n) is 3.03. The van der Waals surface area contributed by atoms with E-state index in [-0.39, 0.29) is 29.7 Å². The highest BCUT2D eigenvalue weighted by atomic mass is 32.2. The number of nitrogens with two attached hydrogens (primary N) is 1. The molecule has 1 heterocycles. The van der Waals surface area contributed by atoms with Gasteiger partial charge >= 0.3 is 0 Å². The molecule has 86 valence electrons. The van der Waals surface area contributed by atoms with Crippen LogP contribution in [0.5, 0.6) is 0 Å². The Labute approximate surface area is 87.8 Å². The van der Waals surface area contributed by atoms with Crippen LogP contribution in [0.4, 0.5) is 11.6 Å². The molecule has 1 aromatic heterocycles. The third-order valence-electron chi connectivity index (χ3n) is 1.87. The van der Waals surface area contributed by atoms with Gasteiger partial charge in [0, 0.05) is 13.3 Å². The minimum atomic E-state index is -3.43. The number of rotatable bonds is 4. The van der Waals surface area contributed by atoms with Crippen LogP contribution in [0.1, 0.15) is 0 Å².